The van der Waals surface area contributed by atoms with E-state index in [1.165, 1.54) is 44.2 Å². The number of nitro benzene ring substituents is 1. The van der Waals surface area contributed by atoms with Crippen LogP contribution in [0.2, 0.25) is 0 Å². The molecule has 1 aromatic rings. The number of thioether (sulfide) groups is 1. The molecule has 0 radical (unpaired) electrons. The van der Waals surface area contributed by atoms with E-state index in [-0.39, 0.29) is 0 Å². The summed E-state index contributed by atoms with van der Waals surface area (Å²) in [5.41, 5.74) is -0.913. The maximum Gasteiger partial charge on any atom is 0.358 e. The van der Waals surface area contributed by atoms with Gasteiger partial charge in [0.25, 0.3) is 5.69 Å². The van der Waals surface area contributed by atoms with E-state index in [9.17, 15) is 19.8 Å². The fraction of sp³-hybridized carbons (Fsp3) is 0.571. The molecular formula is C14H20NO6PS. The van der Waals surface area contributed by atoms with Gasteiger partial charge in [0.2, 0.25) is 0 Å². The number of aliphatic hydroxyl groups is 1. The van der Waals surface area contributed by atoms with E-state index in [1.54, 1.807) is 0 Å². The number of hydrogen-bond acceptors (Lipinski definition) is 5. The zero-order chi connectivity index (χ0) is 17.0. The number of aliphatic hydroxyl groups excluding tert-OH is 1. The Morgan fingerprint density at radius 3 is 2.26 bits per heavy atom. The molecule has 0 spiro atoms. The second-order valence-electron chi connectivity index (χ2n) is 5.63. The maximum absolute atomic E-state index is 10.7. The van der Waals surface area contributed by atoms with Crippen LogP contribution in [-0.4, -0.2) is 30.3 Å². The Morgan fingerprint density at radius 1 is 1.17 bits per heavy atom. The Balaban J connectivity index is 0.000000198. The number of para-hydroxylation sites is 1. The first-order chi connectivity index (χ1) is 10.8. The molecule has 0 amide bonds. The number of hydrogen-bond donors (Lipinski definition) is 3. The molecule has 3 unspecified atom stereocenters. The predicted molar refractivity (Wildman–Crippen MR) is 88.4 cm³/mol. The molecule has 3 rings (SSSR count). The maximum atomic E-state index is 10.7. The summed E-state index contributed by atoms with van der Waals surface area (Å²) in [7, 11) is -4.79. The zero-order valence-corrected chi connectivity index (χ0v) is 14.2. The summed E-state index contributed by atoms with van der Waals surface area (Å²) >= 11 is 2.21. The number of nitro groups is 1. The molecule has 1 heterocycles. The van der Waals surface area contributed by atoms with Gasteiger partial charge in [-0.25, -0.2) is 0 Å². The summed E-state index contributed by atoms with van der Waals surface area (Å²) < 4.78 is 10.7. The van der Waals surface area contributed by atoms with Crippen LogP contribution in [0.1, 0.15) is 43.5 Å². The zero-order valence-electron chi connectivity index (χ0n) is 12.4. The van der Waals surface area contributed by atoms with E-state index in [0.29, 0.717) is 0 Å². The molecule has 1 aromatic carbocycles. The molecule has 0 bridgehead atoms. The standard InChI is InChI=1S/C7H8NO6P.C7H12S/c9-7(15(12,13)14)5-3-1-2-4-6(5)8(10)11;1-2-4-6-7(8-6)5-3-1/h1-4,7,9H,(H2,12,13,14);6-7H,1-5H2. The van der Waals surface area contributed by atoms with Crippen LogP contribution in [0.4, 0.5) is 5.69 Å². The van der Waals surface area contributed by atoms with Gasteiger partial charge in [-0.1, -0.05) is 31.4 Å². The van der Waals surface area contributed by atoms with E-state index in [1.807, 2.05) is 0 Å². The fourth-order valence-electron chi connectivity index (χ4n) is 2.61. The number of nitrogens with zero attached hydrogens (tertiary/aromatic N) is 1. The lowest BCUT2D eigenvalue weighted by Gasteiger charge is -2.12. The minimum Gasteiger partial charge on any atom is -0.376 e. The molecule has 9 heteroatoms. The Morgan fingerprint density at radius 2 is 1.74 bits per heavy atom. The topological polar surface area (TPSA) is 121 Å². The first kappa shape index (κ1) is 18.4. The van der Waals surface area contributed by atoms with Crippen molar-refractivity contribution in [2.45, 2.75) is 48.4 Å². The van der Waals surface area contributed by atoms with Crippen LogP contribution in [0.5, 0.6) is 0 Å². The molecule has 1 aliphatic heterocycles. The van der Waals surface area contributed by atoms with Gasteiger partial charge in [0.1, 0.15) is 0 Å². The summed E-state index contributed by atoms with van der Waals surface area (Å²) in [5, 5.41) is 21.9. The first-order valence-electron chi connectivity index (χ1n) is 7.42. The fourth-order valence-corrected chi connectivity index (χ4v) is 4.42. The van der Waals surface area contributed by atoms with Crippen molar-refractivity contribution < 1.29 is 24.4 Å². The van der Waals surface area contributed by atoms with Crippen LogP contribution in [0.15, 0.2) is 24.3 Å². The number of benzene rings is 1. The Bertz CT molecular complexity index is 597. The second kappa shape index (κ2) is 7.77. The quantitative estimate of drug-likeness (QED) is 0.327. The molecule has 3 atom stereocenters. The lowest BCUT2D eigenvalue weighted by atomic mass is 10.2. The van der Waals surface area contributed by atoms with Crippen LogP contribution in [0.3, 0.4) is 0 Å². The average Bonchev–Trinajstić information content (AvgIpc) is 3.24. The third kappa shape index (κ3) is 5.29. The predicted octanol–water partition coefficient (Wildman–Crippen LogP) is 3.20. The Labute approximate surface area is 138 Å². The minimum absolute atomic E-state index is 0.393. The summed E-state index contributed by atoms with van der Waals surface area (Å²) in [6.07, 6.45) is 7.57. The second-order valence-corrected chi connectivity index (χ2v) is 8.78. The SMILES string of the molecule is C1CCC2SC2CC1.O=[N+]([O-])c1ccccc1C(O)P(=O)(O)O. The average molecular weight is 361 g/mol. The van der Waals surface area contributed by atoms with Gasteiger partial charge in [0, 0.05) is 16.6 Å². The van der Waals surface area contributed by atoms with Crippen LogP contribution in [0, 0.1) is 10.1 Å². The largest absolute Gasteiger partial charge is 0.376 e. The smallest absolute Gasteiger partial charge is 0.358 e. The van der Waals surface area contributed by atoms with E-state index < -0.39 is 29.6 Å². The van der Waals surface area contributed by atoms with Crippen molar-refractivity contribution in [2.75, 3.05) is 0 Å². The molecule has 1 saturated carbocycles. The molecule has 0 aromatic heterocycles. The normalized spacial score (nSPS) is 24.5. The van der Waals surface area contributed by atoms with Crippen LogP contribution < -0.4 is 0 Å². The Kier molecular flexibility index (Phi) is 6.22. The van der Waals surface area contributed by atoms with Gasteiger partial charge in [-0.2, -0.15) is 11.8 Å². The van der Waals surface area contributed by atoms with Crippen molar-refractivity contribution in [1.29, 1.82) is 0 Å². The Hall–Kier alpha value is -0.920. The van der Waals surface area contributed by atoms with Crippen LogP contribution >= 0.6 is 19.4 Å². The summed E-state index contributed by atoms with van der Waals surface area (Å²) in [4.78, 5) is 27.1. The van der Waals surface area contributed by atoms with Crippen LogP contribution in [-0.2, 0) is 4.57 Å². The van der Waals surface area contributed by atoms with Gasteiger partial charge >= 0.3 is 7.60 Å². The third-order valence-electron chi connectivity index (χ3n) is 3.90. The molecule has 23 heavy (non-hydrogen) atoms. The third-order valence-corrected chi connectivity index (χ3v) is 6.32. The monoisotopic (exact) mass is 361 g/mol. The van der Waals surface area contributed by atoms with Crippen molar-refractivity contribution in [3.8, 4) is 0 Å². The number of fused-ring (bicyclic) bond motifs is 1. The first-order valence-corrected chi connectivity index (χ1v) is 10.0. The molecule has 128 valence electrons. The van der Waals surface area contributed by atoms with Gasteiger partial charge in [-0.15, -0.1) is 0 Å². The van der Waals surface area contributed by atoms with Gasteiger partial charge < -0.3 is 14.9 Å². The summed E-state index contributed by atoms with van der Waals surface area (Å²) in [6.45, 7) is 0. The highest BCUT2D eigenvalue weighted by Gasteiger charge is 2.37. The van der Waals surface area contributed by atoms with Crippen molar-refractivity contribution in [2.24, 2.45) is 0 Å². The number of rotatable bonds is 3. The van der Waals surface area contributed by atoms with E-state index in [0.717, 1.165) is 22.6 Å². The van der Waals surface area contributed by atoms with Crippen LogP contribution in [0.25, 0.3) is 0 Å². The highest BCUT2D eigenvalue weighted by molar-refractivity contribution is 8.07. The van der Waals surface area contributed by atoms with Gasteiger partial charge in [0.05, 0.1) is 10.5 Å². The van der Waals surface area contributed by atoms with E-state index in [4.69, 9.17) is 9.79 Å². The van der Waals surface area contributed by atoms with Crippen molar-refractivity contribution >= 4 is 25.0 Å². The molecule has 3 N–H and O–H groups in total. The molecule has 2 aliphatic rings. The minimum atomic E-state index is -4.79. The van der Waals surface area contributed by atoms with Crippen molar-refractivity contribution in [1.82, 2.24) is 0 Å². The summed E-state index contributed by atoms with van der Waals surface area (Å²) in [6, 6.07) is 4.85. The van der Waals surface area contributed by atoms with Gasteiger partial charge in [-0.05, 0) is 18.9 Å². The van der Waals surface area contributed by atoms with Crippen molar-refractivity contribution in [3.05, 3.63) is 39.9 Å². The highest BCUT2D eigenvalue weighted by Crippen LogP contribution is 2.51. The van der Waals surface area contributed by atoms with Gasteiger partial charge in [-0.3, -0.25) is 14.7 Å². The van der Waals surface area contributed by atoms with Crippen molar-refractivity contribution in [3.63, 3.8) is 0 Å². The van der Waals surface area contributed by atoms with Gasteiger partial charge in [0.15, 0.2) is 5.85 Å². The lowest BCUT2D eigenvalue weighted by Crippen LogP contribution is -2.02. The van der Waals surface area contributed by atoms with E-state index in [2.05, 4.69) is 11.8 Å². The molecule has 1 aliphatic carbocycles. The summed E-state index contributed by atoms with van der Waals surface area (Å²) in [5.74, 6) is -2.17. The molecule has 1 saturated heterocycles. The lowest BCUT2D eigenvalue weighted by molar-refractivity contribution is -0.386. The van der Waals surface area contributed by atoms with E-state index >= 15 is 0 Å². The molecule has 7 nitrogen and oxygen atoms in total. The molecule has 2 fully saturated rings. The molecular weight excluding hydrogens is 341 g/mol. The highest BCUT2D eigenvalue weighted by atomic mass is 32.2.